The first kappa shape index (κ1) is 16.8. The van der Waals surface area contributed by atoms with Gasteiger partial charge in [-0.05, 0) is 37.5 Å². The maximum atomic E-state index is 12.1. The standard InChI is InChI=1S/C16H21N5O2/c1-3-4-13(10(2)22)14(16-18-20-21-19-16)9-11-5-7-12(8-6-11)15(17)23/h5-8,13-14H,3-4,9H2,1-2H3,(H2,17,23)(H,18,19,20,21)/t13-,14+/m1/s1. The van der Waals surface area contributed by atoms with E-state index in [4.69, 9.17) is 5.73 Å². The van der Waals surface area contributed by atoms with Gasteiger partial charge in [-0.25, -0.2) is 0 Å². The van der Waals surface area contributed by atoms with Gasteiger partial charge < -0.3 is 5.73 Å². The van der Waals surface area contributed by atoms with Crippen LogP contribution in [-0.4, -0.2) is 32.3 Å². The Balaban J connectivity index is 2.27. The van der Waals surface area contributed by atoms with Crippen LogP contribution >= 0.6 is 0 Å². The minimum atomic E-state index is -0.459. The maximum absolute atomic E-state index is 12.1. The van der Waals surface area contributed by atoms with Gasteiger partial charge in [0.2, 0.25) is 5.91 Å². The zero-order chi connectivity index (χ0) is 16.8. The number of benzene rings is 1. The Kier molecular flexibility index (Phi) is 5.56. The molecule has 0 unspecified atom stereocenters. The second-order valence-electron chi connectivity index (χ2n) is 5.65. The molecule has 122 valence electrons. The Morgan fingerprint density at radius 2 is 1.96 bits per heavy atom. The van der Waals surface area contributed by atoms with Gasteiger partial charge in [0.25, 0.3) is 0 Å². The van der Waals surface area contributed by atoms with Crippen molar-refractivity contribution in [2.24, 2.45) is 11.7 Å². The van der Waals surface area contributed by atoms with E-state index in [9.17, 15) is 9.59 Å². The van der Waals surface area contributed by atoms with Crippen LogP contribution in [0.4, 0.5) is 0 Å². The summed E-state index contributed by atoms with van der Waals surface area (Å²) in [6.45, 7) is 3.65. The molecule has 0 fully saturated rings. The fraction of sp³-hybridized carbons (Fsp3) is 0.438. The molecule has 0 aliphatic heterocycles. The van der Waals surface area contributed by atoms with Crippen LogP contribution < -0.4 is 5.73 Å². The number of carbonyl (C=O) groups is 2. The van der Waals surface area contributed by atoms with Crippen molar-refractivity contribution < 1.29 is 9.59 Å². The topological polar surface area (TPSA) is 115 Å². The van der Waals surface area contributed by atoms with E-state index in [1.807, 2.05) is 19.1 Å². The molecule has 0 aliphatic rings. The molecule has 1 heterocycles. The van der Waals surface area contributed by atoms with Crippen LogP contribution in [0, 0.1) is 5.92 Å². The zero-order valence-electron chi connectivity index (χ0n) is 13.3. The molecule has 0 saturated carbocycles. The molecule has 7 nitrogen and oxygen atoms in total. The van der Waals surface area contributed by atoms with Crippen molar-refractivity contribution in [3.8, 4) is 0 Å². The maximum Gasteiger partial charge on any atom is 0.248 e. The van der Waals surface area contributed by atoms with E-state index in [1.54, 1.807) is 19.1 Å². The first-order valence-corrected chi connectivity index (χ1v) is 7.65. The van der Waals surface area contributed by atoms with Crippen LogP contribution in [0.2, 0.25) is 0 Å². The number of primary amides is 1. The van der Waals surface area contributed by atoms with Gasteiger partial charge in [0, 0.05) is 17.4 Å². The summed E-state index contributed by atoms with van der Waals surface area (Å²) in [6.07, 6.45) is 2.27. The Hall–Kier alpha value is -2.57. The monoisotopic (exact) mass is 315 g/mol. The molecule has 3 N–H and O–H groups in total. The normalized spacial score (nSPS) is 13.5. The number of hydrogen-bond acceptors (Lipinski definition) is 5. The molecule has 0 aliphatic carbocycles. The lowest BCUT2D eigenvalue weighted by molar-refractivity contribution is -0.121. The third-order valence-corrected chi connectivity index (χ3v) is 3.99. The van der Waals surface area contributed by atoms with E-state index in [0.29, 0.717) is 17.8 Å². The highest BCUT2D eigenvalue weighted by molar-refractivity contribution is 5.92. The number of rotatable bonds is 8. The van der Waals surface area contributed by atoms with Crippen LogP contribution in [0.15, 0.2) is 24.3 Å². The average molecular weight is 315 g/mol. The molecular weight excluding hydrogens is 294 g/mol. The minimum Gasteiger partial charge on any atom is -0.366 e. The van der Waals surface area contributed by atoms with Crippen LogP contribution in [0.25, 0.3) is 0 Å². The average Bonchev–Trinajstić information content (AvgIpc) is 3.05. The van der Waals surface area contributed by atoms with Gasteiger partial charge in [-0.15, -0.1) is 10.2 Å². The smallest absolute Gasteiger partial charge is 0.248 e. The van der Waals surface area contributed by atoms with Crippen LogP contribution in [-0.2, 0) is 11.2 Å². The number of carbonyl (C=O) groups excluding carboxylic acids is 2. The number of nitrogens with zero attached hydrogens (tertiary/aromatic N) is 3. The van der Waals surface area contributed by atoms with Crippen LogP contribution in [0.1, 0.15) is 54.4 Å². The number of amides is 1. The first-order valence-electron chi connectivity index (χ1n) is 7.65. The predicted molar refractivity (Wildman–Crippen MR) is 84.7 cm³/mol. The number of ketones is 1. The molecule has 1 aromatic carbocycles. The van der Waals surface area contributed by atoms with Gasteiger partial charge in [-0.3, -0.25) is 9.59 Å². The van der Waals surface area contributed by atoms with Crippen molar-refractivity contribution in [1.29, 1.82) is 0 Å². The number of aromatic amines is 1. The number of tetrazole rings is 1. The molecule has 1 amide bonds. The zero-order valence-corrected chi connectivity index (χ0v) is 13.3. The van der Waals surface area contributed by atoms with Crippen molar-refractivity contribution in [3.05, 3.63) is 41.2 Å². The third kappa shape index (κ3) is 4.21. The second-order valence-corrected chi connectivity index (χ2v) is 5.65. The Labute approximate surface area is 134 Å². The quantitative estimate of drug-likeness (QED) is 0.768. The molecule has 0 radical (unpaired) electrons. The predicted octanol–water partition coefficient (Wildman–Crippen LogP) is 1.63. The largest absolute Gasteiger partial charge is 0.366 e. The van der Waals surface area contributed by atoms with Gasteiger partial charge in [0.1, 0.15) is 5.78 Å². The lowest BCUT2D eigenvalue weighted by atomic mass is 9.81. The van der Waals surface area contributed by atoms with Gasteiger partial charge in [0.15, 0.2) is 5.82 Å². The molecule has 1 aromatic heterocycles. The summed E-state index contributed by atoms with van der Waals surface area (Å²) in [4.78, 5) is 23.2. The molecule has 2 rings (SSSR count). The number of H-pyrrole nitrogens is 1. The van der Waals surface area contributed by atoms with Gasteiger partial charge in [-0.1, -0.05) is 30.7 Å². The van der Waals surface area contributed by atoms with E-state index >= 15 is 0 Å². The molecule has 23 heavy (non-hydrogen) atoms. The summed E-state index contributed by atoms with van der Waals surface area (Å²) >= 11 is 0. The number of Topliss-reactive ketones (excluding diaryl/α,β-unsaturated/α-hetero) is 1. The lowest BCUT2D eigenvalue weighted by Gasteiger charge is -2.22. The lowest BCUT2D eigenvalue weighted by Crippen LogP contribution is -2.23. The fourth-order valence-corrected chi connectivity index (χ4v) is 2.80. The summed E-state index contributed by atoms with van der Waals surface area (Å²) in [5, 5.41) is 14.2. The summed E-state index contributed by atoms with van der Waals surface area (Å²) in [7, 11) is 0. The Morgan fingerprint density at radius 3 is 2.43 bits per heavy atom. The summed E-state index contributed by atoms with van der Waals surface area (Å²) in [5.41, 5.74) is 6.71. The SMILES string of the molecule is CCC[C@H](C(C)=O)[C@H](Cc1ccc(C(N)=O)cc1)c1nn[nH]n1. The van der Waals surface area contributed by atoms with Crippen LogP contribution in [0.5, 0.6) is 0 Å². The van der Waals surface area contributed by atoms with E-state index < -0.39 is 5.91 Å². The number of nitrogens with one attached hydrogen (secondary N) is 1. The van der Waals surface area contributed by atoms with Crippen molar-refractivity contribution in [2.75, 3.05) is 0 Å². The van der Waals surface area contributed by atoms with Crippen molar-refractivity contribution >= 4 is 11.7 Å². The number of hydrogen-bond donors (Lipinski definition) is 2. The summed E-state index contributed by atoms with van der Waals surface area (Å²) < 4.78 is 0. The second kappa shape index (κ2) is 7.62. The summed E-state index contributed by atoms with van der Waals surface area (Å²) in [6, 6.07) is 7.06. The number of aromatic nitrogens is 4. The van der Waals surface area contributed by atoms with Crippen molar-refractivity contribution in [3.63, 3.8) is 0 Å². The van der Waals surface area contributed by atoms with E-state index in [0.717, 1.165) is 18.4 Å². The van der Waals surface area contributed by atoms with Gasteiger partial charge in [-0.2, -0.15) is 5.21 Å². The molecule has 7 heteroatoms. The number of nitrogens with two attached hydrogens (primary N) is 1. The molecule has 2 aromatic rings. The Morgan fingerprint density at radius 1 is 1.26 bits per heavy atom. The molecule has 2 atom stereocenters. The van der Waals surface area contributed by atoms with Gasteiger partial charge >= 0.3 is 0 Å². The summed E-state index contributed by atoms with van der Waals surface area (Å²) in [5.74, 6) is -0.106. The highest BCUT2D eigenvalue weighted by Crippen LogP contribution is 2.30. The Bertz CT molecular complexity index is 652. The third-order valence-electron chi connectivity index (χ3n) is 3.99. The molecule has 0 spiro atoms. The highest BCUT2D eigenvalue weighted by atomic mass is 16.1. The minimum absolute atomic E-state index is 0.121. The van der Waals surface area contributed by atoms with E-state index in [-0.39, 0.29) is 17.6 Å². The van der Waals surface area contributed by atoms with E-state index in [1.165, 1.54) is 0 Å². The molecular formula is C16H21N5O2. The van der Waals surface area contributed by atoms with E-state index in [2.05, 4.69) is 20.6 Å². The first-order chi connectivity index (χ1) is 11.0. The van der Waals surface area contributed by atoms with Crippen molar-refractivity contribution in [1.82, 2.24) is 20.6 Å². The molecule has 0 bridgehead atoms. The van der Waals surface area contributed by atoms with Crippen molar-refractivity contribution in [2.45, 2.75) is 39.0 Å². The van der Waals surface area contributed by atoms with Crippen LogP contribution in [0.3, 0.4) is 0 Å². The highest BCUT2D eigenvalue weighted by Gasteiger charge is 2.29. The van der Waals surface area contributed by atoms with Gasteiger partial charge in [0.05, 0.1) is 0 Å². The molecule has 0 saturated heterocycles. The fourth-order valence-electron chi connectivity index (χ4n) is 2.80.